The fourth-order valence-electron chi connectivity index (χ4n) is 1.58. The predicted molar refractivity (Wildman–Crippen MR) is 76.3 cm³/mol. The summed E-state index contributed by atoms with van der Waals surface area (Å²) in [6.07, 6.45) is 3.38. The lowest BCUT2D eigenvalue weighted by atomic mass is 10.2. The second-order valence-electron chi connectivity index (χ2n) is 4.12. The van der Waals surface area contributed by atoms with Crippen molar-refractivity contribution >= 4 is 23.3 Å². The van der Waals surface area contributed by atoms with E-state index in [4.69, 9.17) is 11.6 Å². The maximum Gasteiger partial charge on any atom is 0.319 e. The van der Waals surface area contributed by atoms with E-state index in [1.54, 1.807) is 24.5 Å². The van der Waals surface area contributed by atoms with Gasteiger partial charge in [0.15, 0.2) is 0 Å². The quantitative estimate of drug-likeness (QED) is 0.902. The zero-order valence-electron chi connectivity index (χ0n) is 10.5. The van der Waals surface area contributed by atoms with Crippen molar-refractivity contribution in [3.63, 3.8) is 0 Å². The molecule has 98 valence electrons. The van der Waals surface area contributed by atoms with E-state index in [-0.39, 0.29) is 6.03 Å². The van der Waals surface area contributed by atoms with Gasteiger partial charge in [0.1, 0.15) is 0 Å². The summed E-state index contributed by atoms with van der Waals surface area (Å²) in [7, 11) is 0. The first kappa shape index (κ1) is 13.4. The average Bonchev–Trinajstić information content (AvgIpc) is 2.42. The van der Waals surface area contributed by atoms with Crippen molar-refractivity contribution in [1.29, 1.82) is 0 Å². The van der Waals surface area contributed by atoms with Gasteiger partial charge in [0, 0.05) is 29.6 Å². The predicted octanol–water partition coefficient (Wildman–Crippen LogP) is 3.37. The summed E-state index contributed by atoms with van der Waals surface area (Å²) < 4.78 is 0. The van der Waals surface area contributed by atoms with Gasteiger partial charge in [-0.2, -0.15) is 0 Å². The number of halogens is 1. The van der Waals surface area contributed by atoms with E-state index in [0.29, 0.717) is 17.3 Å². The Balaban J connectivity index is 1.93. The number of carbonyl (C=O) groups is 1. The first-order valence-corrected chi connectivity index (χ1v) is 6.23. The second kappa shape index (κ2) is 6.20. The zero-order chi connectivity index (χ0) is 13.7. The molecule has 0 bridgehead atoms. The van der Waals surface area contributed by atoms with Crippen LogP contribution in [0.1, 0.15) is 11.1 Å². The number of benzene rings is 1. The van der Waals surface area contributed by atoms with Crippen molar-refractivity contribution in [2.24, 2.45) is 0 Å². The molecule has 0 aliphatic rings. The molecule has 0 radical (unpaired) electrons. The number of anilines is 1. The molecule has 0 saturated heterocycles. The Labute approximate surface area is 116 Å². The second-order valence-corrected chi connectivity index (χ2v) is 4.56. The Morgan fingerprint density at radius 2 is 2.00 bits per heavy atom. The Hall–Kier alpha value is -2.07. The molecule has 0 spiro atoms. The first-order chi connectivity index (χ1) is 9.15. The molecule has 1 aromatic heterocycles. The number of amides is 2. The molecule has 0 fully saturated rings. The molecule has 0 aliphatic heterocycles. The molecule has 4 nitrogen and oxygen atoms in total. The van der Waals surface area contributed by atoms with Gasteiger partial charge in [-0.25, -0.2) is 4.79 Å². The standard InChI is InChI=1S/C14H14ClN3O/c1-10-2-3-12(15)8-13(10)18-14(19)17-9-11-4-6-16-7-5-11/h2-8H,9H2,1H3,(H2,17,18,19). The Morgan fingerprint density at radius 1 is 1.26 bits per heavy atom. The summed E-state index contributed by atoms with van der Waals surface area (Å²) >= 11 is 5.89. The summed E-state index contributed by atoms with van der Waals surface area (Å²) in [4.78, 5) is 15.7. The lowest BCUT2D eigenvalue weighted by Gasteiger charge is -2.10. The highest BCUT2D eigenvalue weighted by Crippen LogP contribution is 2.19. The molecule has 2 amide bonds. The molecule has 5 heteroatoms. The van der Waals surface area contributed by atoms with Gasteiger partial charge >= 0.3 is 6.03 Å². The van der Waals surface area contributed by atoms with Crippen LogP contribution >= 0.6 is 11.6 Å². The van der Waals surface area contributed by atoms with Gasteiger partial charge in [-0.3, -0.25) is 4.98 Å². The first-order valence-electron chi connectivity index (χ1n) is 5.85. The summed E-state index contributed by atoms with van der Waals surface area (Å²) in [6.45, 7) is 2.36. The smallest absolute Gasteiger partial charge is 0.319 e. The van der Waals surface area contributed by atoms with Gasteiger partial charge in [0.05, 0.1) is 0 Å². The molecule has 0 aliphatic carbocycles. The number of hydrogen-bond donors (Lipinski definition) is 2. The zero-order valence-corrected chi connectivity index (χ0v) is 11.2. The van der Waals surface area contributed by atoms with Crippen LogP contribution in [0.3, 0.4) is 0 Å². The molecule has 2 rings (SSSR count). The van der Waals surface area contributed by atoms with Crippen molar-refractivity contribution in [2.75, 3.05) is 5.32 Å². The minimum atomic E-state index is -0.262. The number of carbonyl (C=O) groups excluding carboxylic acids is 1. The highest BCUT2D eigenvalue weighted by atomic mass is 35.5. The number of hydrogen-bond acceptors (Lipinski definition) is 2. The summed E-state index contributed by atoms with van der Waals surface area (Å²) in [5.41, 5.74) is 2.66. The number of pyridine rings is 1. The fourth-order valence-corrected chi connectivity index (χ4v) is 1.75. The lowest BCUT2D eigenvalue weighted by molar-refractivity contribution is 0.251. The van der Waals surface area contributed by atoms with E-state index >= 15 is 0 Å². The molecular formula is C14H14ClN3O. The van der Waals surface area contributed by atoms with E-state index in [9.17, 15) is 4.79 Å². The Bertz CT molecular complexity index is 572. The van der Waals surface area contributed by atoms with Gasteiger partial charge in [-0.05, 0) is 42.3 Å². The maximum absolute atomic E-state index is 11.8. The summed E-state index contributed by atoms with van der Waals surface area (Å²) in [6, 6.07) is 8.82. The molecule has 1 aromatic carbocycles. The molecule has 0 saturated carbocycles. The third-order valence-corrected chi connectivity index (χ3v) is 2.89. The van der Waals surface area contributed by atoms with E-state index in [2.05, 4.69) is 15.6 Å². The minimum Gasteiger partial charge on any atom is -0.334 e. The lowest BCUT2D eigenvalue weighted by Crippen LogP contribution is -2.28. The number of nitrogens with one attached hydrogen (secondary N) is 2. The van der Waals surface area contributed by atoms with Crippen LogP contribution in [0.5, 0.6) is 0 Å². The topological polar surface area (TPSA) is 54.0 Å². The Morgan fingerprint density at radius 3 is 2.74 bits per heavy atom. The van der Waals surface area contributed by atoms with Crippen LogP contribution in [0.15, 0.2) is 42.7 Å². The third kappa shape index (κ3) is 3.96. The molecular weight excluding hydrogens is 262 g/mol. The van der Waals surface area contributed by atoms with Crippen molar-refractivity contribution < 1.29 is 4.79 Å². The monoisotopic (exact) mass is 275 g/mol. The van der Waals surface area contributed by atoms with Gasteiger partial charge in [0.25, 0.3) is 0 Å². The normalized spacial score (nSPS) is 10.0. The number of aryl methyl sites for hydroxylation is 1. The Kier molecular flexibility index (Phi) is 4.36. The minimum absolute atomic E-state index is 0.262. The molecule has 2 N–H and O–H groups in total. The fraction of sp³-hybridized carbons (Fsp3) is 0.143. The van der Waals surface area contributed by atoms with E-state index in [1.165, 1.54) is 0 Å². The number of nitrogens with zero attached hydrogens (tertiary/aromatic N) is 1. The van der Waals surface area contributed by atoms with E-state index in [0.717, 1.165) is 11.1 Å². The number of aromatic nitrogens is 1. The molecule has 0 atom stereocenters. The van der Waals surface area contributed by atoms with E-state index in [1.807, 2.05) is 25.1 Å². The maximum atomic E-state index is 11.8. The van der Waals surface area contributed by atoms with Gasteiger partial charge in [-0.15, -0.1) is 0 Å². The van der Waals surface area contributed by atoms with Crippen molar-refractivity contribution in [3.05, 3.63) is 58.9 Å². The summed E-state index contributed by atoms with van der Waals surface area (Å²) in [5.74, 6) is 0. The molecule has 1 heterocycles. The molecule has 19 heavy (non-hydrogen) atoms. The largest absolute Gasteiger partial charge is 0.334 e. The molecule has 2 aromatic rings. The van der Waals surface area contributed by atoms with Crippen molar-refractivity contribution in [2.45, 2.75) is 13.5 Å². The van der Waals surface area contributed by atoms with Crippen LogP contribution in [0, 0.1) is 6.92 Å². The highest BCUT2D eigenvalue weighted by Gasteiger charge is 2.04. The van der Waals surface area contributed by atoms with Crippen molar-refractivity contribution in [1.82, 2.24) is 10.3 Å². The van der Waals surface area contributed by atoms with Crippen LogP contribution < -0.4 is 10.6 Å². The van der Waals surface area contributed by atoms with Crippen LogP contribution in [-0.4, -0.2) is 11.0 Å². The van der Waals surface area contributed by atoms with Crippen molar-refractivity contribution in [3.8, 4) is 0 Å². The van der Waals surface area contributed by atoms with Crippen LogP contribution in [-0.2, 0) is 6.54 Å². The van der Waals surface area contributed by atoms with Gasteiger partial charge in [0.2, 0.25) is 0 Å². The SMILES string of the molecule is Cc1ccc(Cl)cc1NC(=O)NCc1ccncc1. The summed E-state index contributed by atoms with van der Waals surface area (Å²) in [5, 5.41) is 6.14. The van der Waals surface area contributed by atoms with Gasteiger partial charge in [-0.1, -0.05) is 17.7 Å². The van der Waals surface area contributed by atoms with Crippen LogP contribution in [0.2, 0.25) is 5.02 Å². The molecule has 0 unspecified atom stereocenters. The highest BCUT2D eigenvalue weighted by molar-refractivity contribution is 6.31. The average molecular weight is 276 g/mol. The number of urea groups is 1. The van der Waals surface area contributed by atoms with Crippen LogP contribution in [0.4, 0.5) is 10.5 Å². The van der Waals surface area contributed by atoms with Gasteiger partial charge < -0.3 is 10.6 Å². The number of rotatable bonds is 3. The van der Waals surface area contributed by atoms with Crippen LogP contribution in [0.25, 0.3) is 0 Å². The van der Waals surface area contributed by atoms with E-state index < -0.39 is 0 Å². The third-order valence-electron chi connectivity index (χ3n) is 2.65.